The first kappa shape index (κ1) is 24.2. The van der Waals surface area contributed by atoms with Crippen molar-refractivity contribution in [2.24, 2.45) is 4.99 Å². The van der Waals surface area contributed by atoms with Crippen LogP contribution >= 0.6 is 0 Å². The molecule has 30 heavy (non-hydrogen) atoms. The first-order chi connectivity index (χ1) is 14.6. The molecule has 0 aliphatic carbocycles. The molecule has 168 valence electrons. The molecule has 1 aromatic heterocycles. The number of piperidine rings is 1. The summed E-state index contributed by atoms with van der Waals surface area (Å²) in [5, 5.41) is 6.89. The van der Waals surface area contributed by atoms with Crippen molar-refractivity contribution in [2.75, 3.05) is 25.4 Å². The van der Waals surface area contributed by atoms with E-state index in [4.69, 9.17) is 20.6 Å². The van der Waals surface area contributed by atoms with Gasteiger partial charge in [0.25, 0.3) is 6.47 Å². The van der Waals surface area contributed by atoms with Gasteiger partial charge in [-0.15, -0.1) is 0 Å². The molecule has 2 aliphatic rings. The highest BCUT2D eigenvalue weighted by molar-refractivity contribution is 6.02. The molecule has 3 rings (SSSR count). The highest BCUT2D eigenvalue weighted by Crippen LogP contribution is 2.25. The molecule has 0 unspecified atom stereocenters. The third-order valence-electron chi connectivity index (χ3n) is 5.70. The van der Waals surface area contributed by atoms with Crippen LogP contribution in [0, 0.1) is 0 Å². The summed E-state index contributed by atoms with van der Waals surface area (Å²) in [6, 6.07) is 0. The standard InChI is InChI=1S/C21H34FN5.CH2O2/c1-2-3-9-19-25-20-17(21(23)26-19)15-24-18(20)8-6-4-5-7-12-27-13-10-16(22)11-14-27;2-1-3/h16H,2-15H2,1H3,(H2,23,25,26);1H,(H,2,3). The molecule has 3 heterocycles. The summed E-state index contributed by atoms with van der Waals surface area (Å²) in [5.41, 5.74) is 9.26. The van der Waals surface area contributed by atoms with Gasteiger partial charge in [0.1, 0.15) is 17.8 Å². The Labute approximate surface area is 179 Å². The smallest absolute Gasteiger partial charge is 0.290 e. The van der Waals surface area contributed by atoms with Gasteiger partial charge in [-0.3, -0.25) is 9.79 Å². The van der Waals surface area contributed by atoms with E-state index >= 15 is 0 Å². The highest BCUT2D eigenvalue weighted by Gasteiger charge is 2.22. The van der Waals surface area contributed by atoms with E-state index in [1.54, 1.807) is 0 Å². The Balaban J connectivity index is 0.00000101. The molecule has 0 amide bonds. The third kappa shape index (κ3) is 7.63. The minimum atomic E-state index is -0.573. The summed E-state index contributed by atoms with van der Waals surface area (Å²) in [4.78, 5) is 24.7. The van der Waals surface area contributed by atoms with Gasteiger partial charge < -0.3 is 15.7 Å². The molecule has 0 spiro atoms. The van der Waals surface area contributed by atoms with Gasteiger partial charge in [-0.1, -0.05) is 26.2 Å². The number of rotatable bonds is 10. The van der Waals surface area contributed by atoms with Gasteiger partial charge in [-0.25, -0.2) is 14.4 Å². The van der Waals surface area contributed by atoms with Crippen molar-refractivity contribution in [3.05, 3.63) is 17.1 Å². The zero-order chi connectivity index (χ0) is 21.8. The van der Waals surface area contributed by atoms with Crippen molar-refractivity contribution in [3.8, 4) is 0 Å². The molecule has 8 heteroatoms. The van der Waals surface area contributed by atoms with Crippen LogP contribution in [0.25, 0.3) is 0 Å². The number of unbranched alkanes of at least 4 members (excludes halogenated alkanes) is 4. The minimum absolute atomic E-state index is 0.250. The summed E-state index contributed by atoms with van der Waals surface area (Å²) in [7, 11) is 0. The van der Waals surface area contributed by atoms with Crippen LogP contribution in [0.15, 0.2) is 4.99 Å². The van der Waals surface area contributed by atoms with E-state index in [9.17, 15) is 4.39 Å². The predicted molar refractivity (Wildman–Crippen MR) is 118 cm³/mol. The number of likely N-dealkylation sites (tertiary alicyclic amines) is 1. The SMILES string of the molecule is CCCCc1nc(N)c2c(n1)C(CCCCCCN1CCC(F)CC1)=NC2.O=CO. The van der Waals surface area contributed by atoms with Crippen molar-refractivity contribution in [3.63, 3.8) is 0 Å². The monoisotopic (exact) mass is 421 g/mol. The van der Waals surface area contributed by atoms with Crippen LogP contribution in [0.1, 0.15) is 81.8 Å². The average molecular weight is 422 g/mol. The molecule has 7 nitrogen and oxygen atoms in total. The second kappa shape index (κ2) is 13.3. The number of carbonyl (C=O) groups is 1. The van der Waals surface area contributed by atoms with Crippen molar-refractivity contribution >= 4 is 18.0 Å². The lowest BCUT2D eigenvalue weighted by Crippen LogP contribution is -2.35. The zero-order valence-electron chi connectivity index (χ0n) is 18.2. The lowest BCUT2D eigenvalue weighted by molar-refractivity contribution is -0.122. The number of fused-ring (bicyclic) bond motifs is 1. The van der Waals surface area contributed by atoms with Crippen LogP contribution < -0.4 is 5.73 Å². The van der Waals surface area contributed by atoms with Gasteiger partial charge >= 0.3 is 0 Å². The Morgan fingerprint density at radius 1 is 1.13 bits per heavy atom. The van der Waals surface area contributed by atoms with E-state index in [0.717, 1.165) is 74.5 Å². The number of aryl methyl sites for hydroxylation is 1. The van der Waals surface area contributed by atoms with Crippen molar-refractivity contribution < 1.29 is 14.3 Å². The molecule has 0 atom stereocenters. The molecule has 2 aliphatic heterocycles. The number of nitrogens with zero attached hydrogens (tertiary/aromatic N) is 4. The summed E-state index contributed by atoms with van der Waals surface area (Å²) >= 11 is 0. The van der Waals surface area contributed by atoms with Gasteiger partial charge in [0.05, 0.1) is 18.0 Å². The van der Waals surface area contributed by atoms with Gasteiger partial charge in [0.2, 0.25) is 0 Å². The second-order valence-corrected chi connectivity index (χ2v) is 8.00. The van der Waals surface area contributed by atoms with E-state index in [0.29, 0.717) is 25.2 Å². The largest absolute Gasteiger partial charge is 0.483 e. The first-order valence-corrected chi connectivity index (χ1v) is 11.2. The number of aromatic nitrogens is 2. The van der Waals surface area contributed by atoms with Crippen LogP contribution in [0.2, 0.25) is 0 Å². The Kier molecular flexibility index (Phi) is 10.7. The molecule has 0 radical (unpaired) electrons. The van der Waals surface area contributed by atoms with Crippen LogP contribution in [-0.2, 0) is 17.8 Å². The van der Waals surface area contributed by atoms with E-state index in [2.05, 4.69) is 21.8 Å². The van der Waals surface area contributed by atoms with Gasteiger partial charge in [-0.05, 0) is 45.1 Å². The Morgan fingerprint density at radius 2 is 1.83 bits per heavy atom. The Hall–Kier alpha value is -2.09. The fourth-order valence-electron chi connectivity index (χ4n) is 3.94. The van der Waals surface area contributed by atoms with E-state index in [1.165, 1.54) is 19.3 Å². The maximum absolute atomic E-state index is 13.2. The fourth-order valence-corrected chi connectivity index (χ4v) is 3.94. The molecule has 0 saturated carbocycles. The number of alkyl halides is 1. The molecule has 0 aromatic carbocycles. The van der Waals surface area contributed by atoms with Crippen molar-refractivity contribution in [2.45, 2.75) is 83.8 Å². The first-order valence-electron chi connectivity index (χ1n) is 11.2. The van der Waals surface area contributed by atoms with Crippen LogP contribution in [-0.4, -0.2) is 58.0 Å². The topological polar surface area (TPSA) is 105 Å². The van der Waals surface area contributed by atoms with E-state index < -0.39 is 6.17 Å². The quantitative estimate of drug-likeness (QED) is 0.440. The maximum Gasteiger partial charge on any atom is 0.290 e. The molecule has 1 aromatic rings. The molecule has 3 N–H and O–H groups in total. The molecular formula is C22H36FN5O2. The van der Waals surface area contributed by atoms with Gasteiger partial charge in [0.15, 0.2) is 0 Å². The summed E-state index contributed by atoms with van der Waals surface area (Å²) in [5.74, 6) is 1.47. The summed E-state index contributed by atoms with van der Waals surface area (Å²) < 4.78 is 13.2. The lowest BCUT2D eigenvalue weighted by Gasteiger charge is -2.28. The summed E-state index contributed by atoms with van der Waals surface area (Å²) in [6.45, 7) is 5.52. The highest BCUT2D eigenvalue weighted by atomic mass is 19.1. The van der Waals surface area contributed by atoms with Crippen LogP contribution in [0.3, 0.4) is 0 Å². The van der Waals surface area contributed by atoms with Crippen molar-refractivity contribution in [1.82, 2.24) is 14.9 Å². The average Bonchev–Trinajstić information content (AvgIpc) is 3.14. The number of anilines is 1. The number of halogens is 1. The number of aliphatic imine (C=N–C) groups is 1. The fraction of sp³-hybridized carbons (Fsp3) is 0.727. The second-order valence-electron chi connectivity index (χ2n) is 8.00. The Bertz CT molecular complexity index is 690. The number of nitrogen functional groups attached to an aromatic ring is 1. The zero-order valence-corrected chi connectivity index (χ0v) is 18.2. The number of hydrogen-bond acceptors (Lipinski definition) is 6. The lowest BCUT2D eigenvalue weighted by atomic mass is 10.0. The predicted octanol–water partition coefficient (Wildman–Crippen LogP) is 3.79. The van der Waals surface area contributed by atoms with Gasteiger partial charge in [0, 0.05) is 25.1 Å². The molecule has 0 bridgehead atoms. The van der Waals surface area contributed by atoms with Crippen LogP contribution in [0.5, 0.6) is 0 Å². The minimum Gasteiger partial charge on any atom is -0.483 e. The molecule has 1 fully saturated rings. The maximum atomic E-state index is 13.2. The third-order valence-corrected chi connectivity index (χ3v) is 5.70. The number of nitrogens with two attached hydrogens (primary N) is 1. The van der Waals surface area contributed by atoms with E-state index in [1.807, 2.05) is 0 Å². The molecular weight excluding hydrogens is 385 g/mol. The van der Waals surface area contributed by atoms with Crippen molar-refractivity contribution in [1.29, 1.82) is 0 Å². The normalized spacial score (nSPS) is 16.5. The summed E-state index contributed by atoms with van der Waals surface area (Å²) in [6.07, 6.45) is 9.72. The van der Waals surface area contributed by atoms with Gasteiger partial charge in [-0.2, -0.15) is 0 Å². The van der Waals surface area contributed by atoms with Crippen LogP contribution in [0.4, 0.5) is 10.2 Å². The number of hydrogen-bond donors (Lipinski definition) is 2. The Morgan fingerprint density at radius 3 is 2.53 bits per heavy atom. The molecule has 1 saturated heterocycles. The van der Waals surface area contributed by atoms with E-state index in [-0.39, 0.29) is 6.47 Å². The number of carboxylic acid groups (broad SMARTS) is 1.